The zero-order valence-electron chi connectivity index (χ0n) is 9.73. The predicted octanol–water partition coefficient (Wildman–Crippen LogP) is 1.74. The molecule has 0 atom stereocenters. The fourth-order valence-electron chi connectivity index (χ4n) is 0.757. The van der Waals surface area contributed by atoms with Crippen molar-refractivity contribution in [2.45, 2.75) is 47.1 Å². The first-order valence-electron chi connectivity index (χ1n) is 4.69. The van der Waals surface area contributed by atoms with E-state index in [1.807, 2.05) is 20.8 Å². The Balaban J connectivity index is 4.02. The minimum absolute atomic E-state index is 0.102. The fourth-order valence-corrected chi connectivity index (χ4v) is 0.757. The van der Waals surface area contributed by atoms with Crippen molar-refractivity contribution < 1.29 is 0 Å². The van der Waals surface area contributed by atoms with Crippen molar-refractivity contribution in [3.05, 3.63) is 0 Å². The lowest BCUT2D eigenvalue weighted by atomic mass is 9.97. The molecule has 0 aliphatic rings. The van der Waals surface area contributed by atoms with Crippen LogP contribution in [0.25, 0.3) is 0 Å². The summed E-state index contributed by atoms with van der Waals surface area (Å²) in [7, 11) is 0. The maximum Gasteiger partial charge on any atom is 0.189 e. The summed E-state index contributed by atoms with van der Waals surface area (Å²) in [6.45, 7) is 13.4. The maximum absolute atomic E-state index is 5.71. The van der Waals surface area contributed by atoms with Crippen LogP contribution in [0.3, 0.4) is 0 Å². The normalized spacial score (nSPS) is 14.5. The van der Waals surface area contributed by atoms with Gasteiger partial charge in [0, 0.05) is 6.54 Å². The van der Waals surface area contributed by atoms with Crippen molar-refractivity contribution in [3.8, 4) is 0 Å². The number of nitrogens with two attached hydrogens (primary N) is 1. The van der Waals surface area contributed by atoms with Crippen molar-refractivity contribution >= 4 is 5.96 Å². The molecule has 0 amide bonds. The van der Waals surface area contributed by atoms with E-state index in [9.17, 15) is 0 Å². The van der Waals surface area contributed by atoms with Gasteiger partial charge in [0.25, 0.3) is 0 Å². The summed E-state index contributed by atoms with van der Waals surface area (Å²) >= 11 is 0. The minimum atomic E-state index is -0.102. The molecule has 3 nitrogen and oxygen atoms in total. The summed E-state index contributed by atoms with van der Waals surface area (Å²) in [5, 5.41) is 3.11. The van der Waals surface area contributed by atoms with Crippen LogP contribution in [0.1, 0.15) is 41.5 Å². The molecule has 0 aliphatic heterocycles. The molecular weight excluding hydrogens is 162 g/mol. The first kappa shape index (κ1) is 12.3. The molecule has 0 aliphatic carbocycles. The van der Waals surface area contributed by atoms with E-state index in [0.717, 1.165) is 6.54 Å². The van der Waals surface area contributed by atoms with Gasteiger partial charge >= 0.3 is 0 Å². The first-order valence-corrected chi connectivity index (χ1v) is 4.69. The monoisotopic (exact) mass is 185 g/mol. The number of rotatable bonds is 1. The fraction of sp³-hybridized carbons (Fsp3) is 0.900. The lowest BCUT2D eigenvalue weighted by Crippen LogP contribution is -2.39. The van der Waals surface area contributed by atoms with Crippen molar-refractivity contribution in [3.63, 3.8) is 0 Å². The average Bonchev–Trinajstić information content (AvgIpc) is 1.78. The Morgan fingerprint density at radius 1 is 1.15 bits per heavy atom. The Kier molecular flexibility index (Phi) is 3.76. The molecular formula is C10H23N3. The van der Waals surface area contributed by atoms with E-state index in [4.69, 9.17) is 5.73 Å². The molecule has 0 saturated heterocycles. The van der Waals surface area contributed by atoms with Crippen LogP contribution in [0.2, 0.25) is 0 Å². The molecule has 0 fully saturated rings. The van der Waals surface area contributed by atoms with Crippen LogP contribution in [-0.4, -0.2) is 18.0 Å². The van der Waals surface area contributed by atoms with Gasteiger partial charge in [-0.15, -0.1) is 0 Å². The zero-order valence-corrected chi connectivity index (χ0v) is 9.73. The van der Waals surface area contributed by atoms with Crippen LogP contribution in [-0.2, 0) is 0 Å². The Bertz CT molecular complexity index is 181. The van der Waals surface area contributed by atoms with Crippen LogP contribution < -0.4 is 11.1 Å². The van der Waals surface area contributed by atoms with E-state index in [2.05, 4.69) is 31.1 Å². The number of aliphatic imine (C=N–C) groups is 1. The van der Waals surface area contributed by atoms with Crippen molar-refractivity contribution in [2.75, 3.05) is 6.54 Å². The number of hydrogen-bond donors (Lipinski definition) is 2. The molecule has 0 bridgehead atoms. The number of nitrogens with one attached hydrogen (secondary N) is 1. The van der Waals surface area contributed by atoms with Gasteiger partial charge in [0.05, 0.1) is 5.54 Å². The molecule has 0 spiro atoms. The maximum atomic E-state index is 5.71. The van der Waals surface area contributed by atoms with Crippen LogP contribution in [0, 0.1) is 5.41 Å². The molecule has 0 radical (unpaired) electrons. The molecule has 3 N–H and O–H groups in total. The smallest absolute Gasteiger partial charge is 0.189 e. The molecule has 0 heterocycles. The highest BCUT2D eigenvalue weighted by atomic mass is 15.1. The van der Waals surface area contributed by atoms with E-state index < -0.39 is 0 Å². The van der Waals surface area contributed by atoms with E-state index in [-0.39, 0.29) is 11.0 Å². The first-order chi connectivity index (χ1) is 5.60. The van der Waals surface area contributed by atoms with Crippen molar-refractivity contribution in [1.82, 2.24) is 5.32 Å². The van der Waals surface area contributed by atoms with Gasteiger partial charge in [0.2, 0.25) is 0 Å². The van der Waals surface area contributed by atoms with Gasteiger partial charge in [-0.2, -0.15) is 0 Å². The van der Waals surface area contributed by atoms with Crippen molar-refractivity contribution in [2.24, 2.45) is 16.1 Å². The summed E-state index contributed by atoms with van der Waals surface area (Å²) in [5.41, 5.74) is 5.84. The Labute approximate surface area is 81.8 Å². The van der Waals surface area contributed by atoms with Crippen LogP contribution in [0.4, 0.5) is 0 Å². The molecule has 0 saturated carbocycles. The Morgan fingerprint density at radius 3 is 1.92 bits per heavy atom. The van der Waals surface area contributed by atoms with Gasteiger partial charge in [0.1, 0.15) is 0 Å². The van der Waals surface area contributed by atoms with Crippen LogP contribution in [0.5, 0.6) is 0 Å². The van der Waals surface area contributed by atoms with Crippen molar-refractivity contribution in [1.29, 1.82) is 0 Å². The lowest BCUT2D eigenvalue weighted by molar-refractivity contribution is 0.407. The van der Waals surface area contributed by atoms with Gasteiger partial charge in [-0.05, 0) is 26.2 Å². The van der Waals surface area contributed by atoms with Crippen LogP contribution >= 0.6 is 0 Å². The van der Waals surface area contributed by atoms with Crippen LogP contribution in [0.15, 0.2) is 4.99 Å². The topological polar surface area (TPSA) is 50.4 Å². The van der Waals surface area contributed by atoms with Gasteiger partial charge in [-0.25, -0.2) is 4.99 Å². The summed E-state index contributed by atoms with van der Waals surface area (Å²) in [6.07, 6.45) is 0. The summed E-state index contributed by atoms with van der Waals surface area (Å²) in [5.74, 6) is 0.530. The number of guanidine groups is 1. The van der Waals surface area contributed by atoms with E-state index in [1.54, 1.807) is 0 Å². The second-order valence-corrected chi connectivity index (χ2v) is 5.58. The molecule has 0 aromatic heterocycles. The molecule has 0 aromatic carbocycles. The number of hydrogen-bond acceptors (Lipinski definition) is 1. The van der Waals surface area contributed by atoms with Gasteiger partial charge < -0.3 is 11.1 Å². The Morgan fingerprint density at radius 2 is 1.62 bits per heavy atom. The van der Waals surface area contributed by atoms with Gasteiger partial charge in [0.15, 0.2) is 5.96 Å². The summed E-state index contributed by atoms with van der Waals surface area (Å²) in [6, 6.07) is 0. The quantitative estimate of drug-likeness (QED) is 0.483. The second-order valence-electron chi connectivity index (χ2n) is 5.58. The van der Waals surface area contributed by atoms with E-state index in [0.29, 0.717) is 5.96 Å². The van der Waals surface area contributed by atoms with E-state index >= 15 is 0 Å². The van der Waals surface area contributed by atoms with E-state index in [1.165, 1.54) is 0 Å². The highest BCUT2D eigenvalue weighted by Crippen LogP contribution is 2.10. The third kappa shape index (κ3) is 9.18. The summed E-state index contributed by atoms with van der Waals surface area (Å²) < 4.78 is 0. The average molecular weight is 185 g/mol. The molecule has 0 aromatic rings. The highest BCUT2D eigenvalue weighted by Gasteiger charge is 2.11. The molecule has 13 heavy (non-hydrogen) atoms. The standard InChI is InChI=1S/C10H23N3/c1-9(2,3)7-12-8(11)13-10(4,5)6/h7H2,1-6H3,(H3,11,12,13). The molecule has 0 unspecified atom stereocenters. The SMILES string of the molecule is CC(C)(C)CN/C(N)=N/C(C)(C)C. The minimum Gasteiger partial charge on any atom is -0.370 e. The Hall–Kier alpha value is -0.730. The second kappa shape index (κ2) is 3.99. The third-order valence-electron chi connectivity index (χ3n) is 1.26. The number of nitrogens with zero attached hydrogens (tertiary/aromatic N) is 1. The summed E-state index contributed by atoms with van der Waals surface area (Å²) in [4.78, 5) is 4.30. The molecule has 3 heteroatoms. The van der Waals surface area contributed by atoms with Gasteiger partial charge in [-0.3, -0.25) is 0 Å². The highest BCUT2D eigenvalue weighted by molar-refractivity contribution is 5.78. The largest absolute Gasteiger partial charge is 0.370 e. The van der Waals surface area contributed by atoms with Gasteiger partial charge in [-0.1, -0.05) is 20.8 Å². The predicted molar refractivity (Wildman–Crippen MR) is 58.8 cm³/mol. The lowest BCUT2D eigenvalue weighted by Gasteiger charge is -2.20. The third-order valence-corrected chi connectivity index (χ3v) is 1.26. The zero-order chi connectivity index (χ0) is 10.7. The molecule has 78 valence electrons. The molecule has 0 rings (SSSR count).